The molecule has 0 bridgehead atoms. The highest BCUT2D eigenvalue weighted by molar-refractivity contribution is 7.71. The average Bonchev–Trinajstić information content (AvgIpc) is 2.95. The Morgan fingerprint density at radius 1 is 0.692 bits per heavy atom. The highest BCUT2D eigenvalue weighted by Crippen LogP contribution is 2.34. The Hall–Kier alpha value is -2.13. The number of hydrogen-bond donors (Lipinski definition) is 1. The lowest BCUT2D eigenvalue weighted by Crippen LogP contribution is -2.10. The molecule has 0 aliphatic heterocycles. The first-order chi connectivity index (χ1) is 12.1. The smallest absolute Gasteiger partial charge is 0.266 e. The number of hydrogen-bond acceptors (Lipinski definition) is 2. The van der Waals surface area contributed by atoms with Gasteiger partial charge in [-0.1, -0.05) is 90.1 Å². The molecule has 2 aromatic carbocycles. The molecule has 1 aromatic heterocycles. The molecule has 136 valence electrons. The van der Waals surface area contributed by atoms with Crippen LogP contribution in [0.1, 0.15) is 52.7 Å². The third-order valence-corrected chi connectivity index (χ3v) is 4.89. The minimum atomic E-state index is 0.128. The summed E-state index contributed by atoms with van der Waals surface area (Å²) in [6.07, 6.45) is 0. The molecule has 0 saturated carbocycles. The SMILES string of the molecule is CC(C)(C)c1ccc(-c2[nH]c(=S)oc2-c2ccc(C(C)(C)C)cc2)cc1. The van der Waals surface area contributed by atoms with Crippen LogP contribution in [0.15, 0.2) is 52.9 Å². The molecule has 1 heterocycles. The zero-order valence-corrected chi connectivity index (χ0v) is 17.3. The minimum absolute atomic E-state index is 0.128. The fourth-order valence-electron chi connectivity index (χ4n) is 2.99. The summed E-state index contributed by atoms with van der Waals surface area (Å²) < 4.78 is 5.84. The molecule has 0 unspecified atom stereocenters. The normalized spacial score (nSPS) is 12.4. The predicted octanol–water partition coefficient (Wildman–Crippen LogP) is 7.27. The van der Waals surface area contributed by atoms with Gasteiger partial charge < -0.3 is 9.40 Å². The number of aromatic nitrogens is 1. The van der Waals surface area contributed by atoms with Gasteiger partial charge in [0.2, 0.25) is 0 Å². The highest BCUT2D eigenvalue weighted by atomic mass is 32.1. The number of oxazole rings is 1. The van der Waals surface area contributed by atoms with E-state index in [4.69, 9.17) is 16.6 Å². The van der Waals surface area contributed by atoms with Crippen molar-refractivity contribution in [2.75, 3.05) is 0 Å². The summed E-state index contributed by atoms with van der Waals surface area (Å²) in [6.45, 7) is 13.3. The number of nitrogens with one attached hydrogen (secondary N) is 1. The van der Waals surface area contributed by atoms with Gasteiger partial charge in [0.1, 0.15) is 0 Å². The molecule has 3 rings (SSSR count). The second-order valence-corrected chi connectivity index (χ2v) is 9.24. The van der Waals surface area contributed by atoms with E-state index in [0.717, 1.165) is 22.6 Å². The van der Waals surface area contributed by atoms with Gasteiger partial charge in [0.25, 0.3) is 4.84 Å². The zero-order valence-electron chi connectivity index (χ0n) is 16.4. The quantitative estimate of drug-likeness (QED) is 0.484. The van der Waals surface area contributed by atoms with Crippen LogP contribution in [0.2, 0.25) is 0 Å². The van der Waals surface area contributed by atoms with Gasteiger partial charge in [-0.05, 0) is 34.2 Å². The van der Waals surface area contributed by atoms with Crippen molar-refractivity contribution < 1.29 is 4.42 Å². The summed E-state index contributed by atoms with van der Waals surface area (Å²) in [4.78, 5) is 3.61. The van der Waals surface area contributed by atoms with Crippen molar-refractivity contribution in [2.24, 2.45) is 0 Å². The molecule has 3 heteroatoms. The minimum Gasteiger partial charge on any atom is -0.429 e. The van der Waals surface area contributed by atoms with E-state index >= 15 is 0 Å². The van der Waals surface area contributed by atoms with E-state index in [1.807, 2.05) is 0 Å². The van der Waals surface area contributed by atoms with Gasteiger partial charge in [0.15, 0.2) is 5.76 Å². The third kappa shape index (κ3) is 3.83. The van der Waals surface area contributed by atoms with Crippen LogP contribution in [-0.4, -0.2) is 4.98 Å². The topological polar surface area (TPSA) is 28.9 Å². The van der Waals surface area contributed by atoms with Gasteiger partial charge in [-0.15, -0.1) is 0 Å². The summed E-state index contributed by atoms with van der Waals surface area (Å²) in [5, 5.41) is 0. The number of rotatable bonds is 2. The van der Waals surface area contributed by atoms with Crippen LogP contribution in [0.3, 0.4) is 0 Å². The maximum absolute atomic E-state index is 5.84. The van der Waals surface area contributed by atoms with Crippen LogP contribution in [0.25, 0.3) is 22.6 Å². The van der Waals surface area contributed by atoms with Gasteiger partial charge in [-0.3, -0.25) is 0 Å². The van der Waals surface area contributed by atoms with Gasteiger partial charge >= 0.3 is 0 Å². The maximum atomic E-state index is 5.84. The van der Waals surface area contributed by atoms with Crippen LogP contribution in [0.4, 0.5) is 0 Å². The van der Waals surface area contributed by atoms with E-state index in [9.17, 15) is 0 Å². The summed E-state index contributed by atoms with van der Waals surface area (Å²) in [7, 11) is 0. The van der Waals surface area contributed by atoms with Crippen LogP contribution < -0.4 is 0 Å². The molecule has 0 radical (unpaired) electrons. The summed E-state index contributed by atoms with van der Waals surface area (Å²) >= 11 is 5.27. The zero-order chi connectivity index (χ0) is 19.1. The molecule has 0 aliphatic rings. The monoisotopic (exact) mass is 365 g/mol. The van der Waals surface area contributed by atoms with Gasteiger partial charge in [0, 0.05) is 11.1 Å². The van der Waals surface area contributed by atoms with E-state index in [0.29, 0.717) is 4.84 Å². The number of aromatic amines is 1. The van der Waals surface area contributed by atoms with Crippen LogP contribution in [-0.2, 0) is 10.8 Å². The average molecular weight is 366 g/mol. The molecule has 0 saturated heterocycles. The van der Waals surface area contributed by atoms with E-state index < -0.39 is 0 Å². The number of H-pyrrole nitrogens is 1. The van der Waals surface area contributed by atoms with Crippen molar-refractivity contribution in [1.29, 1.82) is 0 Å². The van der Waals surface area contributed by atoms with Crippen molar-refractivity contribution in [3.8, 4) is 22.6 Å². The standard InChI is InChI=1S/C23H27NOS/c1-22(2,3)17-11-7-15(8-12-17)19-20(25-21(26)24-19)16-9-13-18(14-10-16)23(4,5)6/h7-14H,1-6H3,(H,24,26). The first kappa shape index (κ1) is 18.7. The van der Waals surface area contributed by atoms with Gasteiger partial charge in [-0.2, -0.15) is 0 Å². The molecule has 0 atom stereocenters. The molecule has 0 fully saturated rings. The Morgan fingerprint density at radius 2 is 1.12 bits per heavy atom. The van der Waals surface area contributed by atoms with Crippen molar-refractivity contribution in [2.45, 2.75) is 52.4 Å². The number of benzene rings is 2. The maximum Gasteiger partial charge on any atom is 0.266 e. The lowest BCUT2D eigenvalue weighted by atomic mass is 9.86. The summed E-state index contributed by atoms with van der Waals surface area (Å²) in [5.74, 6) is 0.791. The van der Waals surface area contributed by atoms with Gasteiger partial charge in [0.05, 0.1) is 5.69 Å². The molecular weight excluding hydrogens is 338 g/mol. The van der Waals surface area contributed by atoms with Crippen LogP contribution in [0.5, 0.6) is 0 Å². The molecule has 2 nitrogen and oxygen atoms in total. The van der Waals surface area contributed by atoms with E-state index in [2.05, 4.69) is 95.1 Å². The Balaban J connectivity index is 2.03. The fourth-order valence-corrected chi connectivity index (χ4v) is 3.18. The van der Waals surface area contributed by atoms with Crippen molar-refractivity contribution in [3.05, 3.63) is 64.5 Å². The van der Waals surface area contributed by atoms with Crippen molar-refractivity contribution in [1.82, 2.24) is 4.98 Å². The molecule has 0 aliphatic carbocycles. The van der Waals surface area contributed by atoms with E-state index in [1.165, 1.54) is 11.1 Å². The third-order valence-electron chi connectivity index (χ3n) is 4.70. The van der Waals surface area contributed by atoms with E-state index in [1.54, 1.807) is 0 Å². The molecule has 26 heavy (non-hydrogen) atoms. The Bertz CT molecular complexity index is 868. The van der Waals surface area contributed by atoms with Crippen LogP contribution in [0, 0.1) is 4.84 Å². The first-order valence-electron chi connectivity index (χ1n) is 9.01. The van der Waals surface area contributed by atoms with Gasteiger partial charge in [-0.25, -0.2) is 0 Å². The summed E-state index contributed by atoms with van der Waals surface area (Å²) in [5.41, 5.74) is 5.90. The lowest BCUT2D eigenvalue weighted by Gasteiger charge is -2.19. The Kier molecular flexibility index (Phi) is 4.70. The molecule has 1 N–H and O–H groups in total. The van der Waals surface area contributed by atoms with Crippen LogP contribution >= 0.6 is 12.2 Å². The van der Waals surface area contributed by atoms with Crippen molar-refractivity contribution in [3.63, 3.8) is 0 Å². The highest BCUT2D eigenvalue weighted by Gasteiger charge is 2.18. The predicted molar refractivity (Wildman–Crippen MR) is 112 cm³/mol. The molecule has 0 amide bonds. The van der Waals surface area contributed by atoms with Crippen molar-refractivity contribution >= 4 is 12.2 Å². The largest absolute Gasteiger partial charge is 0.429 e. The Morgan fingerprint density at radius 3 is 1.54 bits per heavy atom. The fraction of sp³-hybridized carbons (Fsp3) is 0.348. The Labute approximate surface area is 161 Å². The molecule has 3 aromatic rings. The molecular formula is C23H27NOS. The second kappa shape index (κ2) is 6.55. The van der Waals surface area contributed by atoms with E-state index in [-0.39, 0.29) is 10.8 Å². The summed E-state index contributed by atoms with van der Waals surface area (Å²) in [6, 6.07) is 17.1. The first-order valence-corrected chi connectivity index (χ1v) is 9.41. The lowest BCUT2D eigenvalue weighted by molar-refractivity contribution is 0.554. The molecule has 0 spiro atoms. The second-order valence-electron chi connectivity index (χ2n) is 8.87.